The van der Waals surface area contributed by atoms with Gasteiger partial charge in [-0.3, -0.25) is 9.52 Å². The summed E-state index contributed by atoms with van der Waals surface area (Å²) >= 11 is 0. The summed E-state index contributed by atoms with van der Waals surface area (Å²) in [5.41, 5.74) is 0.976. The number of fused-ring (bicyclic) bond motifs is 1. The van der Waals surface area contributed by atoms with Crippen molar-refractivity contribution in [2.24, 2.45) is 0 Å². The van der Waals surface area contributed by atoms with E-state index in [0.29, 0.717) is 28.0 Å². The van der Waals surface area contributed by atoms with Crippen LogP contribution in [-0.4, -0.2) is 40.1 Å². The van der Waals surface area contributed by atoms with E-state index in [1.165, 1.54) is 24.3 Å². The van der Waals surface area contributed by atoms with Crippen LogP contribution >= 0.6 is 0 Å². The number of carbonyl (C=O) groups is 2. The van der Waals surface area contributed by atoms with Crippen molar-refractivity contribution in [1.82, 2.24) is 0 Å². The second kappa shape index (κ2) is 8.32. The number of hydrogen-bond acceptors (Lipinski definition) is 6. The molecule has 0 atom stereocenters. The van der Waals surface area contributed by atoms with Gasteiger partial charge in [0, 0.05) is 16.6 Å². The van der Waals surface area contributed by atoms with Crippen molar-refractivity contribution in [2.75, 3.05) is 24.7 Å². The van der Waals surface area contributed by atoms with E-state index in [4.69, 9.17) is 9.47 Å². The first-order valence-electron chi connectivity index (χ1n) is 8.62. The third-order valence-corrected chi connectivity index (χ3v) is 4.77. The van der Waals surface area contributed by atoms with Gasteiger partial charge in [-0.15, -0.1) is 0 Å². The minimum Gasteiger partial charge on any atom is -0.496 e. The number of anilines is 1. The first-order valence-corrected chi connectivity index (χ1v) is 10.5. The van der Waals surface area contributed by atoms with Crippen LogP contribution in [0.15, 0.2) is 60.7 Å². The third kappa shape index (κ3) is 4.91. The van der Waals surface area contributed by atoms with E-state index >= 15 is 0 Å². The SMILES string of the molecule is COc1ccc(C(=O)OCC(=O)c2ccc(NS(C)(=O)=O)cc2)c2ccccc12. The van der Waals surface area contributed by atoms with Gasteiger partial charge in [-0.05, 0) is 41.8 Å². The molecule has 0 saturated heterocycles. The number of nitrogens with one attached hydrogen (secondary N) is 1. The zero-order chi connectivity index (χ0) is 21.0. The average molecular weight is 413 g/mol. The van der Waals surface area contributed by atoms with Gasteiger partial charge in [-0.1, -0.05) is 24.3 Å². The molecule has 0 spiro atoms. The highest BCUT2D eigenvalue weighted by atomic mass is 32.2. The maximum Gasteiger partial charge on any atom is 0.339 e. The number of esters is 1. The molecule has 0 aliphatic rings. The smallest absolute Gasteiger partial charge is 0.339 e. The lowest BCUT2D eigenvalue weighted by Crippen LogP contribution is -2.15. The maximum atomic E-state index is 12.5. The number of ketones is 1. The van der Waals surface area contributed by atoms with Crippen LogP contribution in [0.1, 0.15) is 20.7 Å². The topological polar surface area (TPSA) is 98.8 Å². The van der Waals surface area contributed by atoms with Crippen molar-refractivity contribution < 1.29 is 27.5 Å². The summed E-state index contributed by atoms with van der Waals surface area (Å²) in [5.74, 6) is -0.384. The number of sulfonamides is 1. The average Bonchev–Trinajstić information content (AvgIpc) is 2.70. The lowest BCUT2D eigenvalue weighted by molar-refractivity contribution is 0.0476. The number of ether oxygens (including phenoxy) is 2. The fraction of sp³-hybridized carbons (Fsp3) is 0.143. The number of rotatable bonds is 7. The number of hydrogen-bond donors (Lipinski definition) is 1. The van der Waals surface area contributed by atoms with Gasteiger partial charge in [-0.2, -0.15) is 0 Å². The van der Waals surface area contributed by atoms with E-state index in [1.54, 1.807) is 31.4 Å². The van der Waals surface area contributed by atoms with E-state index in [-0.39, 0.29) is 0 Å². The van der Waals surface area contributed by atoms with Crippen LogP contribution in [0.5, 0.6) is 5.75 Å². The molecule has 0 fully saturated rings. The normalized spacial score (nSPS) is 11.1. The van der Waals surface area contributed by atoms with Gasteiger partial charge in [0.15, 0.2) is 12.4 Å². The van der Waals surface area contributed by atoms with Crippen molar-refractivity contribution in [3.05, 3.63) is 71.8 Å². The molecule has 8 heteroatoms. The van der Waals surface area contributed by atoms with Crippen molar-refractivity contribution >= 4 is 38.2 Å². The standard InChI is InChI=1S/C21H19NO6S/c1-27-20-12-11-18(16-5-3-4-6-17(16)20)21(24)28-13-19(23)14-7-9-15(10-8-14)22-29(2,25)26/h3-12,22H,13H2,1-2H3. The molecule has 0 heterocycles. The molecule has 3 aromatic carbocycles. The van der Waals surface area contributed by atoms with E-state index in [1.807, 2.05) is 12.1 Å². The summed E-state index contributed by atoms with van der Waals surface area (Å²) < 4.78 is 35.3. The lowest BCUT2D eigenvalue weighted by atomic mass is 10.0. The van der Waals surface area contributed by atoms with Gasteiger partial charge < -0.3 is 9.47 Å². The molecule has 0 aliphatic heterocycles. The van der Waals surface area contributed by atoms with Crippen LogP contribution in [0.25, 0.3) is 10.8 Å². The van der Waals surface area contributed by atoms with E-state index in [0.717, 1.165) is 11.6 Å². The molecule has 150 valence electrons. The molecule has 29 heavy (non-hydrogen) atoms. The van der Waals surface area contributed by atoms with Crippen LogP contribution in [0.2, 0.25) is 0 Å². The summed E-state index contributed by atoms with van der Waals surface area (Å²) in [7, 11) is -1.85. The maximum absolute atomic E-state index is 12.5. The number of Topliss-reactive ketones (excluding diaryl/α,β-unsaturated/α-hetero) is 1. The molecule has 0 unspecified atom stereocenters. The Balaban J connectivity index is 1.71. The molecule has 0 saturated carbocycles. The highest BCUT2D eigenvalue weighted by Crippen LogP contribution is 2.28. The Hall–Kier alpha value is -3.39. The Kier molecular flexibility index (Phi) is 5.84. The number of benzene rings is 3. The summed E-state index contributed by atoms with van der Waals surface area (Å²) in [4.78, 5) is 24.8. The number of methoxy groups -OCH3 is 1. The van der Waals surface area contributed by atoms with Gasteiger partial charge in [0.25, 0.3) is 0 Å². The Bertz CT molecular complexity index is 1170. The summed E-state index contributed by atoms with van der Waals surface area (Å²) in [6, 6.07) is 16.4. The lowest BCUT2D eigenvalue weighted by Gasteiger charge is -2.10. The van der Waals surface area contributed by atoms with Crippen LogP contribution in [0.4, 0.5) is 5.69 Å². The Morgan fingerprint density at radius 2 is 1.59 bits per heavy atom. The summed E-state index contributed by atoms with van der Waals surface area (Å²) in [5, 5.41) is 1.44. The van der Waals surface area contributed by atoms with Gasteiger partial charge in [0.1, 0.15) is 5.75 Å². The monoisotopic (exact) mass is 413 g/mol. The van der Waals surface area contributed by atoms with E-state index in [9.17, 15) is 18.0 Å². The highest BCUT2D eigenvalue weighted by molar-refractivity contribution is 7.92. The molecule has 0 aliphatic carbocycles. The molecule has 3 rings (SSSR count). The molecule has 3 aromatic rings. The van der Waals surface area contributed by atoms with Crippen molar-refractivity contribution in [2.45, 2.75) is 0 Å². The minimum absolute atomic E-state index is 0.302. The molecular weight excluding hydrogens is 394 g/mol. The van der Waals surface area contributed by atoms with Gasteiger partial charge in [-0.25, -0.2) is 13.2 Å². The fourth-order valence-corrected chi connectivity index (χ4v) is 3.42. The predicted octanol–water partition coefficient (Wildman–Crippen LogP) is 3.26. The largest absolute Gasteiger partial charge is 0.496 e. The van der Waals surface area contributed by atoms with Gasteiger partial charge in [0.2, 0.25) is 10.0 Å². The zero-order valence-electron chi connectivity index (χ0n) is 15.8. The predicted molar refractivity (Wildman–Crippen MR) is 110 cm³/mol. The minimum atomic E-state index is -3.40. The first-order chi connectivity index (χ1) is 13.8. The fourth-order valence-electron chi connectivity index (χ4n) is 2.86. The van der Waals surface area contributed by atoms with E-state index in [2.05, 4.69) is 4.72 Å². The van der Waals surface area contributed by atoms with Crippen LogP contribution in [0.3, 0.4) is 0 Å². The summed E-state index contributed by atoms with van der Waals surface area (Å²) in [6.45, 7) is -0.432. The van der Waals surface area contributed by atoms with Crippen LogP contribution in [0, 0.1) is 0 Å². The molecule has 1 N–H and O–H groups in total. The van der Waals surface area contributed by atoms with Crippen molar-refractivity contribution in [3.63, 3.8) is 0 Å². The molecule has 0 aromatic heterocycles. The Labute approximate surface area is 168 Å². The quantitative estimate of drug-likeness (QED) is 0.472. The van der Waals surface area contributed by atoms with Gasteiger partial charge >= 0.3 is 5.97 Å². The Morgan fingerprint density at radius 3 is 2.21 bits per heavy atom. The second-order valence-corrected chi connectivity index (χ2v) is 8.06. The van der Waals surface area contributed by atoms with Gasteiger partial charge in [0.05, 0.1) is 18.9 Å². The number of carbonyl (C=O) groups excluding carboxylic acids is 2. The van der Waals surface area contributed by atoms with Crippen LogP contribution < -0.4 is 9.46 Å². The second-order valence-electron chi connectivity index (χ2n) is 6.31. The molecule has 7 nitrogen and oxygen atoms in total. The first kappa shape index (κ1) is 20.3. The molecule has 0 bridgehead atoms. The molecule has 0 amide bonds. The third-order valence-electron chi connectivity index (χ3n) is 4.17. The zero-order valence-corrected chi connectivity index (χ0v) is 16.7. The Morgan fingerprint density at radius 1 is 0.931 bits per heavy atom. The van der Waals surface area contributed by atoms with Crippen molar-refractivity contribution in [1.29, 1.82) is 0 Å². The van der Waals surface area contributed by atoms with Crippen molar-refractivity contribution in [3.8, 4) is 5.75 Å². The molecule has 0 radical (unpaired) electrons. The van der Waals surface area contributed by atoms with Crippen LogP contribution in [-0.2, 0) is 14.8 Å². The highest BCUT2D eigenvalue weighted by Gasteiger charge is 2.16. The summed E-state index contributed by atoms with van der Waals surface area (Å²) in [6.07, 6.45) is 1.04. The van der Waals surface area contributed by atoms with E-state index < -0.39 is 28.4 Å². The molecular formula is C21H19NO6S.